The number of nitrogens with zero attached hydrogens (tertiary/aromatic N) is 5. The van der Waals surface area contributed by atoms with Crippen LogP contribution in [0.2, 0.25) is 0 Å². The lowest BCUT2D eigenvalue weighted by atomic mass is 9.89. The molecule has 1 aliphatic rings. The van der Waals surface area contributed by atoms with Crippen LogP contribution >= 0.6 is 23.1 Å². The molecular formula is C22H19N5S2. The summed E-state index contributed by atoms with van der Waals surface area (Å²) in [7, 11) is 0. The Morgan fingerprint density at radius 2 is 2.07 bits per heavy atom. The molecular weight excluding hydrogens is 398 g/mol. The van der Waals surface area contributed by atoms with Crippen LogP contribution in [0.4, 0.5) is 0 Å². The van der Waals surface area contributed by atoms with Crippen LogP contribution in [0.3, 0.4) is 0 Å². The molecule has 0 radical (unpaired) electrons. The van der Waals surface area contributed by atoms with Gasteiger partial charge in [0, 0.05) is 15.6 Å². The van der Waals surface area contributed by atoms with Crippen molar-refractivity contribution in [2.45, 2.75) is 43.3 Å². The van der Waals surface area contributed by atoms with E-state index in [2.05, 4.69) is 68.7 Å². The monoisotopic (exact) mass is 417 g/mol. The second-order valence-electron chi connectivity index (χ2n) is 7.83. The van der Waals surface area contributed by atoms with Crippen LogP contribution in [0.5, 0.6) is 0 Å². The first-order valence-electron chi connectivity index (χ1n) is 9.85. The van der Waals surface area contributed by atoms with Crippen LogP contribution in [0, 0.1) is 12.8 Å². The zero-order valence-electron chi connectivity index (χ0n) is 16.2. The standard InChI is InChI=1S/C22H19N5S2/c1-12-7-8-15-17(9-12)28-20-19(15)21(24-11-23-20)29-22-26-25-18-10-13(2)14-5-3-4-6-16(14)27(18)22/h3-6,10-12H,7-9H2,1-2H3/t12-/m1/s1. The lowest BCUT2D eigenvalue weighted by Crippen LogP contribution is -2.08. The van der Waals surface area contributed by atoms with Crippen molar-refractivity contribution in [1.82, 2.24) is 24.6 Å². The molecule has 0 spiro atoms. The fourth-order valence-electron chi connectivity index (χ4n) is 4.35. The van der Waals surface area contributed by atoms with Gasteiger partial charge in [0.2, 0.25) is 5.16 Å². The third-order valence-corrected chi connectivity index (χ3v) is 7.93. The first kappa shape index (κ1) is 17.4. The van der Waals surface area contributed by atoms with Crippen LogP contribution in [0.15, 0.2) is 46.8 Å². The van der Waals surface area contributed by atoms with Gasteiger partial charge in [-0.2, -0.15) is 0 Å². The summed E-state index contributed by atoms with van der Waals surface area (Å²) in [6.45, 7) is 4.46. The van der Waals surface area contributed by atoms with Crippen molar-refractivity contribution in [2.75, 3.05) is 0 Å². The minimum atomic E-state index is 0.745. The highest BCUT2D eigenvalue weighted by molar-refractivity contribution is 7.99. The number of fused-ring (bicyclic) bond motifs is 6. The number of para-hydroxylation sites is 1. The molecule has 0 N–H and O–H groups in total. The molecule has 29 heavy (non-hydrogen) atoms. The summed E-state index contributed by atoms with van der Waals surface area (Å²) in [5.74, 6) is 0.745. The summed E-state index contributed by atoms with van der Waals surface area (Å²) < 4.78 is 2.14. The Bertz CT molecular complexity index is 1400. The van der Waals surface area contributed by atoms with E-state index in [1.54, 1.807) is 18.1 Å². The van der Waals surface area contributed by atoms with E-state index < -0.39 is 0 Å². The third-order valence-electron chi connectivity index (χ3n) is 5.82. The predicted octanol–water partition coefficient (Wildman–Crippen LogP) is 5.47. The molecule has 0 unspecified atom stereocenters. The van der Waals surface area contributed by atoms with Crippen molar-refractivity contribution >= 4 is 49.9 Å². The number of aryl methyl sites for hydroxylation is 2. The van der Waals surface area contributed by atoms with E-state index in [-0.39, 0.29) is 0 Å². The maximum atomic E-state index is 4.66. The second-order valence-corrected chi connectivity index (χ2v) is 9.87. The van der Waals surface area contributed by atoms with Crippen LogP contribution in [-0.2, 0) is 12.8 Å². The smallest absolute Gasteiger partial charge is 0.202 e. The van der Waals surface area contributed by atoms with Gasteiger partial charge in [-0.25, -0.2) is 9.97 Å². The largest absolute Gasteiger partial charge is 0.270 e. The van der Waals surface area contributed by atoms with Crippen LogP contribution in [0.1, 0.15) is 29.3 Å². The Hall–Kier alpha value is -2.51. The molecule has 4 heterocycles. The number of thiophene rings is 1. The van der Waals surface area contributed by atoms with E-state index in [4.69, 9.17) is 0 Å². The Labute approximate surface area is 176 Å². The molecule has 144 valence electrons. The van der Waals surface area contributed by atoms with E-state index >= 15 is 0 Å². The molecule has 0 fully saturated rings. The van der Waals surface area contributed by atoms with Gasteiger partial charge in [-0.05, 0) is 67.1 Å². The number of hydrogen-bond donors (Lipinski definition) is 0. The fourth-order valence-corrected chi connectivity index (χ4v) is 6.73. The lowest BCUT2D eigenvalue weighted by Gasteiger charge is -2.18. The summed E-state index contributed by atoms with van der Waals surface area (Å²) >= 11 is 3.43. The van der Waals surface area contributed by atoms with E-state index in [1.165, 1.54) is 33.2 Å². The van der Waals surface area contributed by atoms with Crippen molar-refractivity contribution in [3.8, 4) is 0 Å². The highest BCUT2D eigenvalue weighted by Gasteiger charge is 2.24. The first-order valence-corrected chi connectivity index (χ1v) is 11.5. The van der Waals surface area contributed by atoms with Crippen molar-refractivity contribution < 1.29 is 0 Å². The Morgan fingerprint density at radius 1 is 1.17 bits per heavy atom. The molecule has 1 atom stereocenters. The van der Waals surface area contributed by atoms with E-state index in [9.17, 15) is 0 Å². The maximum Gasteiger partial charge on any atom is 0.202 e. The Balaban J connectivity index is 1.54. The second kappa shape index (κ2) is 6.50. The molecule has 1 aliphatic carbocycles. The summed E-state index contributed by atoms with van der Waals surface area (Å²) in [6, 6.07) is 10.5. The normalized spacial score (nSPS) is 16.7. The molecule has 0 bridgehead atoms. The van der Waals surface area contributed by atoms with Crippen LogP contribution in [0.25, 0.3) is 26.8 Å². The van der Waals surface area contributed by atoms with Gasteiger partial charge < -0.3 is 0 Å². The molecule has 0 saturated carbocycles. The lowest BCUT2D eigenvalue weighted by molar-refractivity contribution is 0.509. The van der Waals surface area contributed by atoms with Gasteiger partial charge in [-0.15, -0.1) is 21.5 Å². The quantitative estimate of drug-likeness (QED) is 0.356. The predicted molar refractivity (Wildman–Crippen MR) is 118 cm³/mol. The van der Waals surface area contributed by atoms with Gasteiger partial charge in [0.05, 0.1) is 5.52 Å². The molecule has 4 aromatic heterocycles. The number of pyridine rings is 1. The number of aromatic nitrogens is 5. The third kappa shape index (κ3) is 2.68. The molecule has 7 heteroatoms. The van der Waals surface area contributed by atoms with Gasteiger partial charge in [-0.3, -0.25) is 4.40 Å². The van der Waals surface area contributed by atoms with Crippen molar-refractivity contribution in [1.29, 1.82) is 0 Å². The zero-order chi connectivity index (χ0) is 19.5. The maximum absolute atomic E-state index is 4.66. The first-order chi connectivity index (χ1) is 14.2. The Morgan fingerprint density at radius 3 is 3.00 bits per heavy atom. The van der Waals surface area contributed by atoms with Crippen LogP contribution < -0.4 is 0 Å². The number of benzene rings is 1. The molecule has 0 amide bonds. The molecule has 0 aliphatic heterocycles. The minimum absolute atomic E-state index is 0.745. The van der Waals surface area contributed by atoms with E-state index in [1.807, 2.05) is 11.3 Å². The van der Waals surface area contributed by atoms with Gasteiger partial charge in [0.25, 0.3) is 0 Å². The van der Waals surface area contributed by atoms with Gasteiger partial charge in [0.15, 0.2) is 5.65 Å². The van der Waals surface area contributed by atoms with E-state index in [0.717, 1.165) is 44.9 Å². The average molecular weight is 418 g/mol. The van der Waals surface area contributed by atoms with Gasteiger partial charge in [0.1, 0.15) is 16.2 Å². The highest BCUT2D eigenvalue weighted by Crippen LogP contribution is 2.42. The highest BCUT2D eigenvalue weighted by atomic mass is 32.2. The molecule has 5 aromatic rings. The van der Waals surface area contributed by atoms with Crippen LogP contribution in [-0.4, -0.2) is 24.6 Å². The summed E-state index contributed by atoms with van der Waals surface area (Å²) in [6.07, 6.45) is 5.18. The van der Waals surface area contributed by atoms with Gasteiger partial charge in [-0.1, -0.05) is 25.1 Å². The molecule has 0 saturated heterocycles. The van der Waals surface area contributed by atoms with Crippen molar-refractivity contribution in [2.24, 2.45) is 5.92 Å². The average Bonchev–Trinajstić information content (AvgIpc) is 3.29. The zero-order valence-corrected chi connectivity index (χ0v) is 17.8. The molecule has 1 aromatic carbocycles. The Kier molecular flexibility index (Phi) is 3.89. The molecule has 6 rings (SSSR count). The SMILES string of the molecule is Cc1cc2nnc(Sc3ncnc4sc5c(c34)CC[C@@H](C)C5)n2c2ccccc12. The topological polar surface area (TPSA) is 56.0 Å². The molecule has 5 nitrogen and oxygen atoms in total. The number of rotatable bonds is 2. The van der Waals surface area contributed by atoms with Crippen molar-refractivity contribution in [3.63, 3.8) is 0 Å². The minimum Gasteiger partial charge on any atom is -0.270 e. The van der Waals surface area contributed by atoms with Crippen molar-refractivity contribution in [3.05, 3.63) is 52.7 Å². The summed E-state index contributed by atoms with van der Waals surface area (Å²) in [4.78, 5) is 11.8. The summed E-state index contributed by atoms with van der Waals surface area (Å²) in [5.41, 5.74) is 4.65. The fraction of sp³-hybridized carbons (Fsp3) is 0.273. The van der Waals surface area contributed by atoms with E-state index in [0.29, 0.717) is 0 Å². The van der Waals surface area contributed by atoms with Gasteiger partial charge >= 0.3 is 0 Å². The summed E-state index contributed by atoms with van der Waals surface area (Å²) in [5, 5.41) is 13.2. The number of hydrogen-bond acceptors (Lipinski definition) is 6.